The molecule has 4 nitrogen and oxygen atoms in total. The van der Waals surface area contributed by atoms with Gasteiger partial charge in [-0.1, -0.05) is 19.8 Å². The molecular weight excluding hydrogens is 268 g/mol. The van der Waals surface area contributed by atoms with Gasteiger partial charge in [0.2, 0.25) is 0 Å². The highest BCUT2D eigenvalue weighted by molar-refractivity contribution is 5.97. The van der Waals surface area contributed by atoms with Crippen molar-refractivity contribution in [3.63, 3.8) is 0 Å². The van der Waals surface area contributed by atoms with E-state index in [9.17, 15) is 9.59 Å². The quantitative estimate of drug-likeness (QED) is 0.312. The first-order valence-electron chi connectivity index (χ1n) is 7.74. The second-order valence-electron chi connectivity index (χ2n) is 5.81. The van der Waals surface area contributed by atoms with Gasteiger partial charge in [-0.15, -0.1) is 5.73 Å². The predicted octanol–water partition coefficient (Wildman–Crippen LogP) is 3.41. The molecule has 1 fully saturated rings. The van der Waals surface area contributed by atoms with Crippen LogP contribution < -0.4 is 0 Å². The second kappa shape index (κ2) is 8.04. The Bertz CT molecular complexity index is 430. The van der Waals surface area contributed by atoms with E-state index >= 15 is 0 Å². The van der Waals surface area contributed by atoms with E-state index in [1.54, 1.807) is 13.0 Å². The Hall–Kier alpha value is -1.54. The van der Waals surface area contributed by atoms with Crippen molar-refractivity contribution in [1.82, 2.24) is 0 Å². The van der Waals surface area contributed by atoms with E-state index in [1.165, 1.54) is 12.8 Å². The second-order valence-corrected chi connectivity index (χ2v) is 5.81. The molecule has 0 aliphatic carbocycles. The molecule has 0 aromatic carbocycles. The van der Waals surface area contributed by atoms with Gasteiger partial charge < -0.3 is 9.47 Å². The maximum atomic E-state index is 11.9. The van der Waals surface area contributed by atoms with Gasteiger partial charge in [0.15, 0.2) is 5.92 Å². The van der Waals surface area contributed by atoms with Gasteiger partial charge in [0.05, 0.1) is 6.61 Å². The average Bonchev–Trinajstić information content (AvgIpc) is 2.63. The van der Waals surface area contributed by atoms with E-state index in [4.69, 9.17) is 9.47 Å². The van der Waals surface area contributed by atoms with Crippen LogP contribution in [0.15, 0.2) is 17.9 Å². The van der Waals surface area contributed by atoms with E-state index in [2.05, 4.69) is 12.7 Å². The number of carbonyl (C=O) groups excluding carboxylic acids is 2. The molecule has 0 saturated carbocycles. The molecule has 4 heteroatoms. The molecule has 1 rings (SSSR count). The van der Waals surface area contributed by atoms with Crippen molar-refractivity contribution in [1.29, 1.82) is 0 Å². The monoisotopic (exact) mass is 294 g/mol. The van der Waals surface area contributed by atoms with Crippen molar-refractivity contribution in [2.24, 2.45) is 11.8 Å². The molecule has 0 amide bonds. The molecule has 0 spiro atoms. The number of cyclic esters (lactones) is 1. The molecule has 1 aliphatic rings. The number of hydrogen-bond acceptors (Lipinski definition) is 4. The summed E-state index contributed by atoms with van der Waals surface area (Å²) in [6, 6.07) is 0. The number of rotatable bonds is 7. The van der Waals surface area contributed by atoms with Crippen LogP contribution in [0.3, 0.4) is 0 Å². The average molecular weight is 294 g/mol. The summed E-state index contributed by atoms with van der Waals surface area (Å²) in [6.07, 6.45) is 8.19. The largest absolute Gasteiger partial charge is 0.465 e. The number of hydrogen-bond donors (Lipinski definition) is 0. The summed E-state index contributed by atoms with van der Waals surface area (Å²) >= 11 is 0. The fourth-order valence-electron chi connectivity index (χ4n) is 2.46. The van der Waals surface area contributed by atoms with Gasteiger partial charge in [0.25, 0.3) is 0 Å². The van der Waals surface area contributed by atoms with E-state index in [1.807, 2.05) is 19.9 Å². The number of esters is 2. The molecule has 1 aliphatic heterocycles. The van der Waals surface area contributed by atoms with Crippen molar-refractivity contribution in [2.45, 2.75) is 59.0 Å². The summed E-state index contributed by atoms with van der Waals surface area (Å²) in [4.78, 5) is 23.9. The molecule has 118 valence electrons. The highest BCUT2D eigenvalue weighted by Crippen LogP contribution is 2.38. The third-order valence-electron chi connectivity index (χ3n) is 3.67. The van der Waals surface area contributed by atoms with Crippen molar-refractivity contribution in [2.75, 3.05) is 6.61 Å². The number of unbranched alkanes of at least 4 members (excludes halogenated alkanes) is 3. The highest BCUT2D eigenvalue weighted by atomic mass is 16.6. The van der Waals surface area contributed by atoms with Crippen molar-refractivity contribution >= 4 is 11.9 Å². The van der Waals surface area contributed by atoms with Gasteiger partial charge >= 0.3 is 11.9 Å². The topological polar surface area (TPSA) is 52.6 Å². The van der Waals surface area contributed by atoms with Gasteiger partial charge in [-0.25, -0.2) is 0 Å². The molecule has 0 aromatic heterocycles. The smallest absolute Gasteiger partial charge is 0.321 e. The third-order valence-corrected chi connectivity index (χ3v) is 3.67. The van der Waals surface area contributed by atoms with E-state index in [-0.39, 0.29) is 12.5 Å². The molecule has 0 radical (unpaired) electrons. The Morgan fingerprint density at radius 3 is 2.71 bits per heavy atom. The van der Waals surface area contributed by atoms with Crippen molar-refractivity contribution in [3.8, 4) is 0 Å². The van der Waals surface area contributed by atoms with Gasteiger partial charge in [0.1, 0.15) is 5.60 Å². The minimum absolute atomic E-state index is 0.256. The standard InChI is InChI=1S/C17H26O4/c1-5-7-8-9-10-11-12-13-14(15(18)20-6-2)16(19)21-17(13,3)4/h10,12-14H,5-9H2,1-4H3/t11?,13-,14+/m1/s1. The lowest BCUT2D eigenvalue weighted by atomic mass is 9.83. The summed E-state index contributed by atoms with van der Waals surface area (Å²) in [5.74, 6) is -2.24. The van der Waals surface area contributed by atoms with Crippen LogP contribution in [-0.2, 0) is 19.1 Å². The van der Waals surface area contributed by atoms with Crippen LogP contribution in [0.4, 0.5) is 0 Å². The summed E-state index contributed by atoms with van der Waals surface area (Å²) in [7, 11) is 0. The first kappa shape index (κ1) is 17.5. The molecule has 1 heterocycles. The fraction of sp³-hybridized carbons (Fsp3) is 0.706. The summed E-state index contributed by atoms with van der Waals surface area (Å²) < 4.78 is 10.3. The zero-order chi connectivity index (χ0) is 15.9. The van der Waals surface area contributed by atoms with Gasteiger partial charge in [-0.3, -0.25) is 9.59 Å². The van der Waals surface area contributed by atoms with Crippen LogP contribution in [0, 0.1) is 11.8 Å². The highest BCUT2D eigenvalue weighted by Gasteiger charge is 2.53. The molecule has 0 N–H and O–H groups in total. The zero-order valence-corrected chi connectivity index (χ0v) is 13.5. The Morgan fingerprint density at radius 2 is 2.10 bits per heavy atom. The predicted molar refractivity (Wildman–Crippen MR) is 80.6 cm³/mol. The Labute approximate surface area is 127 Å². The number of carbonyl (C=O) groups is 2. The molecule has 2 atom stereocenters. The molecule has 0 bridgehead atoms. The fourth-order valence-corrected chi connectivity index (χ4v) is 2.46. The van der Waals surface area contributed by atoms with Crippen LogP contribution in [0.25, 0.3) is 0 Å². The zero-order valence-electron chi connectivity index (χ0n) is 13.5. The Morgan fingerprint density at radius 1 is 1.38 bits per heavy atom. The summed E-state index contributed by atoms with van der Waals surface area (Å²) in [5, 5.41) is 0. The van der Waals surface area contributed by atoms with E-state index in [0.29, 0.717) is 0 Å². The van der Waals surface area contributed by atoms with Crippen LogP contribution in [0.5, 0.6) is 0 Å². The summed E-state index contributed by atoms with van der Waals surface area (Å²) in [6.45, 7) is 7.76. The minimum atomic E-state index is -0.878. The van der Waals surface area contributed by atoms with Crippen molar-refractivity contribution in [3.05, 3.63) is 17.9 Å². The maximum absolute atomic E-state index is 11.9. The lowest BCUT2D eigenvalue weighted by Gasteiger charge is -2.22. The van der Waals surface area contributed by atoms with Crippen molar-refractivity contribution < 1.29 is 19.1 Å². The van der Waals surface area contributed by atoms with Crippen LogP contribution >= 0.6 is 0 Å². The molecule has 1 saturated heterocycles. The van der Waals surface area contributed by atoms with Crippen LogP contribution in [0.2, 0.25) is 0 Å². The van der Waals surface area contributed by atoms with Gasteiger partial charge in [-0.05, 0) is 45.8 Å². The SMILES string of the molecule is CCCCCC=C=C[C@@H]1[C@@H](C(=O)OCC)C(=O)OC1(C)C. The maximum Gasteiger partial charge on any atom is 0.321 e. The normalized spacial score (nSPS) is 23.1. The van der Waals surface area contributed by atoms with E-state index in [0.717, 1.165) is 12.8 Å². The Kier molecular flexibility index (Phi) is 6.70. The lowest BCUT2D eigenvalue weighted by Crippen LogP contribution is -2.32. The van der Waals surface area contributed by atoms with Gasteiger partial charge in [0, 0.05) is 5.92 Å². The number of ether oxygens (including phenoxy) is 2. The Balaban J connectivity index is 2.80. The van der Waals surface area contributed by atoms with Crippen LogP contribution in [0.1, 0.15) is 53.4 Å². The summed E-state index contributed by atoms with van der Waals surface area (Å²) in [5.41, 5.74) is 2.39. The van der Waals surface area contributed by atoms with Gasteiger partial charge in [-0.2, -0.15) is 0 Å². The molecule has 0 unspecified atom stereocenters. The first-order chi connectivity index (χ1) is 9.94. The molecular formula is C17H26O4. The lowest BCUT2D eigenvalue weighted by molar-refractivity contribution is -0.157. The first-order valence-corrected chi connectivity index (χ1v) is 7.74. The third kappa shape index (κ3) is 4.75. The van der Waals surface area contributed by atoms with Crippen LogP contribution in [-0.4, -0.2) is 24.1 Å². The minimum Gasteiger partial charge on any atom is -0.465 e. The van der Waals surface area contributed by atoms with E-state index < -0.39 is 23.5 Å². The molecule has 21 heavy (non-hydrogen) atoms. The molecule has 0 aromatic rings.